The van der Waals surface area contributed by atoms with E-state index in [0.29, 0.717) is 18.4 Å². The van der Waals surface area contributed by atoms with E-state index in [4.69, 9.17) is 9.47 Å². The Kier molecular flexibility index (Phi) is 14.4. The maximum Gasteiger partial charge on any atom is 0.310 e. The van der Waals surface area contributed by atoms with Gasteiger partial charge in [-0.05, 0) is 37.3 Å². The Balaban J connectivity index is 2.29. The highest BCUT2D eigenvalue weighted by molar-refractivity contribution is 5.86. The topological polar surface area (TPSA) is 114 Å². The molecule has 5 atom stereocenters. The summed E-state index contributed by atoms with van der Waals surface area (Å²) in [6.07, 6.45) is 3.53. The zero-order chi connectivity index (χ0) is 29.3. The Hall–Kier alpha value is -3.75. The van der Waals surface area contributed by atoms with E-state index >= 15 is 0 Å². The van der Waals surface area contributed by atoms with Gasteiger partial charge in [0, 0.05) is 19.6 Å². The van der Waals surface area contributed by atoms with E-state index in [0.717, 1.165) is 5.56 Å². The molecule has 2 aromatic carbocycles. The SMILES string of the molecule is C=CC[C@H](CC(=O)N[C@H](C)CO)C(=O)N[C@@H](COC)[C@@H](OC(=O)[C@@H](CC=C)Cc1ccccc1)c1ccccc1. The van der Waals surface area contributed by atoms with Crippen molar-refractivity contribution in [1.82, 2.24) is 10.6 Å². The predicted molar refractivity (Wildman–Crippen MR) is 155 cm³/mol. The minimum Gasteiger partial charge on any atom is -0.455 e. The van der Waals surface area contributed by atoms with Gasteiger partial charge < -0.3 is 25.2 Å². The molecule has 0 aliphatic rings. The number of amides is 2. The highest BCUT2D eigenvalue weighted by Crippen LogP contribution is 2.26. The second-order valence-electron chi connectivity index (χ2n) is 9.83. The molecule has 2 aromatic rings. The normalized spacial score (nSPS) is 14.6. The van der Waals surface area contributed by atoms with Crippen LogP contribution >= 0.6 is 0 Å². The zero-order valence-corrected chi connectivity index (χ0v) is 23.5. The number of aliphatic hydroxyl groups is 1. The first kappa shape index (κ1) is 32.5. The lowest BCUT2D eigenvalue weighted by Gasteiger charge is -2.30. The molecule has 2 rings (SSSR count). The summed E-state index contributed by atoms with van der Waals surface area (Å²) in [4.78, 5) is 39.4. The molecular weight excluding hydrogens is 508 g/mol. The fraction of sp³-hybridized carbons (Fsp3) is 0.406. The van der Waals surface area contributed by atoms with Crippen LogP contribution in [0.4, 0.5) is 0 Å². The maximum atomic E-state index is 13.5. The van der Waals surface area contributed by atoms with E-state index in [1.165, 1.54) is 7.11 Å². The number of hydrogen-bond acceptors (Lipinski definition) is 6. The number of allylic oxidation sites excluding steroid dienone is 2. The smallest absolute Gasteiger partial charge is 0.310 e. The van der Waals surface area contributed by atoms with Gasteiger partial charge in [0.2, 0.25) is 11.8 Å². The van der Waals surface area contributed by atoms with Crippen LogP contribution in [0.25, 0.3) is 0 Å². The molecule has 0 aliphatic carbocycles. The van der Waals surface area contributed by atoms with E-state index in [-0.39, 0.29) is 32.0 Å². The molecule has 2 amide bonds. The van der Waals surface area contributed by atoms with E-state index < -0.39 is 41.9 Å². The fourth-order valence-corrected chi connectivity index (χ4v) is 4.38. The van der Waals surface area contributed by atoms with Crippen molar-refractivity contribution >= 4 is 17.8 Å². The third-order valence-corrected chi connectivity index (χ3v) is 6.46. The summed E-state index contributed by atoms with van der Waals surface area (Å²) < 4.78 is 11.5. The van der Waals surface area contributed by atoms with Gasteiger partial charge in [0.1, 0.15) is 6.10 Å². The van der Waals surface area contributed by atoms with Gasteiger partial charge in [0.15, 0.2) is 0 Å². The lowest BCUT2D eigenvalue weighted by molar-refractivity contribution is -0.158. The minimum absolute atomic E-state index is 0.0674. The molecule has 0 spiro atoms. The van der Waals surface area contributed by atoms with Crippen LogP contribution in [0.5, 0.6) is 0 Å². The van der Waals surface area contributed by atoms with Crippen LogP contribution < -0.4 is 10.6 Å². The monoisotopic (exact) mass is 550 g/mol. The second-order valence-corrected chi connectivity index (χ2v) is 9.83. The number of nitrogens with one attached hydrogen (secondary N) is 2. The molecule has 40 heavy (non-hydrogen) atoms. The molecule has 216 valence electrons. The molecule has 0 aliphatic heterocycles. The van der Waals surface area contributed by atoms with Crippen LogP contribution in [0.15, 0.2) is 86.0 Å². The van der Waals surface area contributed by atoms with Crippen molar-refractivity contribution in [3.63, 3.8) is 0 Å². The van der Waals surface area contributed by atoms with Gasteiger partial charge in [-0.1, -0.05) is 72.8 Å². The summed E-state index contributed by atoms with van der Waals surface area (Å²) in [6, 6.07) is 17.7. The molecular formula is C32H42N2O6. The Morgan fingerprint density at radius 2 is 1.52 bits per heavy atom. The molecule has 3 N–H and O–H groups in total. The number of carbonyl (C=O) groups excluding carboxylic acids is 3. The van der Waals surface area contributed by atoms with Crippen LogP contribution in [0.2, 0.25) is 0 Å². The van der Waals surface area contributed by atoms with Crippen molar-refractivity contribution in [1.29, 1.82) is 0 Å². The standard InChI is InChI=1S/C32H42N2O6/c1-5-13-26(20-29(36)33-23(3)21-35)31(37)34-28(22-39-4)30(25-17-11-8-12-18-25)40-32(38)27(14-6-2)19-24-15-9-7-10-16-24/h5-12,15-18,23,26-28,30,35H,1-2,13-14,19-22H2,3-4H3,(H,33,36)(H,34,37)/t23-,26-,27+,28+,30+/m1/s1. The molecule has 0 bridgehead atoms. The van der Waals surface area contributed by atoms with Gasteiger partial charge >= 0.3 is 5.97 Å². The van der Waals surface area contributed by atoms with Gasteiger partial charge in [-0.15, -0.1) is 13.2 Å². The van der Waals surface area contributed by atoms with Gasteiger partial charge in [0.25, 0.3) is 0 Å². The first-order valence-corrected chi connectivity index (χ1v) is 13.5. The number of methoxy groups -OCH3 is 1. The summed E-state index contributed by atoms with van der Waals surface area (Å²) in [6.45, 7) is 9.06. The fourth-order valence-electron chi connectivity index (χ4n) is 4.38. The number of hydrogen-bond donors (Lipinski definition) is 3. The van der Waals surface area contributed by atoms with Crippen LogP contribution in [0, 0.1) is 11.8 Å². The summed E-state index contributed by atoms with van der Waals surface area (Å²) in [5.74, 6) is -2.33. The van der Waals surface area contributed by atoms with Crippen LogP contribution in [0.1, 0.15) is 43.4 Å². The molecule has 0 aromatic heterocycles. The summed E-state index contributed by atoms with van der Waals surface area (Å²) in [5, 5.41) is 14.9. The molecule has 0 radical (unpaired) electrons. The lowest BCUT2D eigenvalue weighted by Crippen LogP contribution is -2.47. The molecule has 8 heteroatoms. The first-order chi connectivity index (χ1) is 19.3. The number of carbonyl (C=O) groups is 3. The highest BCUT2D eigenvalue weighted by Gasteiger charge is 2.33. The van der Waals surface area contributed by atoms with E-state index in [2.05, 4.69) is 23.8 Å². The Labute approximate surface area is 237 Å². The number of ether oxygens (including phenoxy) is 2. The van der Waals surface area contributed by atoms with Crippen molar-refractivity contribution in [2.24, 2.45) is 11.8 Å². The second kappa shape index (κ2) is 17.8. The van der Waals surface area contributed by atoms with E-state index in [1.54, 1.807) is 19.1 Å². The number of benzene rings is 2. The molecule has 0 unspecified atom stereocenters. The van der Waals surface area contributed by atoms with Gasteiger partial charge in [-0.25, -0.2) is 0 Å². The molecule has 8 nitrogen and oxygen atoms in total. The summed E-state index contributed by atoms with van der Waals surface area (Å²) in [5.41, 5.74) is 1.70. The van der Waals surface area contributed by atoms with Crippen molar-refractivity contribution in [3.05, 3.63) is 97.1 Å². The van der Waals surface area contributed by atoms with E-state index in [9.17, 15) is 19.5 Å². The average molecular weight is 551 g/mol. The Morgan fingerprint density at radius 1 is 0.925 bits per heavy atom. The first-order valence-electron chi connectivity index (χ1n) is 13.5. The molecule has 0 heterocycles. The van der Waals surface area contributed by atoms with Gasteiger partial charge in [0.05, 0.1) is 31.1 Å². The third-order valence-electron chi connectivity index (χ3n) is 6.46. The quantitative estimate of drug-likeness (QED) is 0.192. The average Bonchev–Trinajstić information content (AvgIpc) is 2.96. The number of rotatable bonds is 18. The van der Waals surface area contributed by atoms with Crippen LogP contribution in [-0.2, 0) is 30.3 Å². The predicted octanol–water partition coefficient (Wildman–Crippen LogP) is 3.92. The zero-order valence-electron chi connectivity index (χ0n) is 23.5. The molecule has 0 fully saturated rings. The Morgan fingerprint density at radius 3 is 2.10 bits per heavy atom. The summed E-state index contributed by atoms with van der Waals surface area (Å²) >= 11 is 0. The van der Waals surface area contributed by atoms with Crippen molar-refractivity contribution in [3.8, 4) is 0 Å². The van der Waals surface area contributed by atoms with Crippen LogP contribution in [-0.4, -0.2) is 55.3 Å². The lowest BCUT2D eigenvalue weighted by atomic mass is 9.95. The van der Waals surface area contributed by atoms with Crippen LogP contribution in [0.3, 0.4) is 0 Å². The van der Waals surface area contributed by atoms with Crippen molar-refractivity contribution in [2.45, 2.75) is 50.8 Å². The van der Waals surface area contributed by atoms with Crippen molar-refractivity contribution < 1.29 is 29.0 Å². The molecule has 0 saturated carbocycles. The largest absolute Gasteiger partial charge is 0.455 e. The minimum atomic E-state index is -0.840. The third kappa shape index (κ3) is 10.8. The number of esters is 1. The van der Waals surface area contributed by atoms with Gasteiger partial charge in [-0.3, -0.25) is 14.4 Å². The Bertz CT molecular complexity index is 1080. The highest BCUT2D eigenvalue weighted by atomic mass is 16.5. The number of aliphatic hydroxyl groups excluding tert-OH is 1. The molecule has 0 saturated heterocycles. The van der Waals surface area contributed by atoms with E-state index in [1.807, 2.05) is 60.7 Å². The maximum absolute atomic E-state index is 13.5. The van der Waals surface area contributed by atoms with Gasteiger partial charge in [-0.2, -0.15) is 0 Å². The summed E-state index contributed by atoms with van der Waals surface area (Å²) in [7, 11) is 1.50. The van der Waals surface area contributed by atoms with Crippen molar-refractivity contribution in [2.75, 3.05) is 20.3 Å².